The first-order valence-corrected chi connectivity index (χ1v) is 8.01. The molecule has 1 heterocycles. The Hall–Kier alpha value is -1.52. The third-order valence-corrected chi connectivity index (χ3v) is 3.73. The number of hydrogen-bond donors (Lipinski definition) is 1. The van der Waals surface area contributed by atoms with Crippen molar-refractivity contribution in [2.45, 2.75) is 72.3 Å². The van der Waals surface area contributed by atoms with Crippen molar-refractivity contribution in [3.63, 3.8) is 0 Å². The van der Waals surface area contributed by atoms with Crippen molar-refractivity contribution in [3.05, 3.63) is 11.4 Å². The van der Waals surface area contributed by atoms with Gasteiger partial charge < -0.3 is 10.5 Å². The maximum atomic E-state index is 11.7. The Morgan fingerprint density at radius 2 is 1.76 bits per heavy atom. The Balaban J connectivity index is 2.13. The highest BCUT2D eigenvalue weighted by Gasteiger charge is 2.11. The first-order valence-electron chi connectivity index (χ1n) is 8.01. The van der Waals surface area contributed by atoms with Crippen LogP contribution in [0.15, 0.2) is 0 Å². The molecule has 0 aliphatic rings. The lowest BCUT2D eigenvalue weighted by molar-refractivity contribution is -0.144. The van der Waals surface area contributed by atoms with Gasteiger partial charge >= 0.3 is 5.97 Å². The standard InChI is InChI=1S/C16H29N3O2/c1-4-5-6-7-8-9-10-11-21-15(20)12-19-14(3)16(17)13(2)18-19/h4-12,17H2,1-3H3. The molecule has 0 aliphatic heterocycles. The van der Waals surface area contributed by atoms with Crippen LogP contribution >= 0.6 is 0 Å². The average Bonchev–Trinajstić information content (AvgIpc) is 2.69. The number of ether oxygens (including phenoxy) is 1. The number of nitrogen functional groups attached to an aromatic ring is 1. The Bertz CT molecular complexity index is 441. The topological polar surface area (TPSA) is 70.1 Å². The van der Waals surface area contributed by atoms with Crippen LogP contribution in [0, 0.1) is 13.8 Å². The number of esters is 1. The molecule has 0 unspecified atom stereocenters. The van der Waals surface area contributed by atoms with Crippen molar-refractivity contribution < 1.29 is 9.53 Å². The van der Waals surface area contributed by atoms with Crippen LogP contribution in [-0.2, 0) is 16.1 Å². The summed E-state index contributed by atoms with van der Waals surface area (Å²) in [5.41, 5.74) is 8.06. The lowest BCUT2D eigenvalue weighted by Gasteiger charge is -2.06. The smallest absolute Gasteiger partial charge is 0.327 e. The maximum absolute atomic E-state index is 11.7. The van der Waals surface area contributed by atoms with Gasteiger partial charge in [-0.05, 0) is 20.3 Å². The summed E-state index contributed by atoms with van der Waals surface area (Å²) in [6.07, 6.45) is 8.49. The second kappa shape index (κ2) is 9.42. The number of carbonyl (C=O) groups is 1. The Morgan fingerprint density at radius 3 is 2.33 bits per heavy atom. The molecular formula is C16H29N3O2. The zero-order valence-corrected chi connectivity index (χ0v) is 13.7. The number of aromatic nitrogens is 2. The van der Waals surface area contributed by atoms with Gasteiger partial charge in [0.2, 0.25) is 0 Å². The molecule has 0 saturated heterocycles. The number of anilines is 1. The van der Waals surface area contributed by atoms with Crippen LogP contribution in [0.2, 0.25) is 0 Å². The highest BCUT2D eigenvalue weighted by Crippen LogP contribution is 2.14. The van der Waals surface area contributed by atoms with Gasteiger partial charge in [0.1, 0.15) is 6.54 Å². The summed E-state index contributed by atoms with van der Waals surface area (Å²) >= 11 is 0. The second-order valence-electron chi connectivity index (χ2n) is 5.58. The summed E-state index contributed by atoms with van der Waals surface area (Å²) in [7, 11) is 0. The van der Waals surface area contributed by atoms with Crippen LogP contribution in [0.4, 0.5) is 5.69 Å². The molecule has 5 nitrogen and oxygen atoms in total. The molecular weight excluding hydrogens is 266 g/mol. The normalized spacial score (nSPS) is 10.8. The van der Waals surface area contributed by atoms with Gasteiger partial charge in [0.05, 0.1) is 23.7 Å². The van der Waals surface area contributed by atoms with Gasteiger partial charge in [0.15, 0.2) is 0 Å². The lowest BCUT2D eigenvalue weighted by atomic mass is 10.1. The molecule has 0 atom stereocenters. The molecule has 1 rings (SSSR count). The van der Waals surface area contributed by atoms with E-state index in [4.69, 9.17) is 10.5 Å². The molecule has 120 valence electrons. The third kappa shape index (κ3) is 6.19. The highest BCUT2D eigenvalue weighted by atomic mass is 16.5. The number of nitrogens with two attached hydrogens (primary N) is 1. The fourth-order valence-electron chi connectivity index (χ4n) is 2.28. The summed E-state index contributed by atoms with van der Waals surface area (Å²) in [6.45, 7) is 6.55. The molecule has 5 heteroatoms. The van der Waals surface area contributed by atoms with Crippen molar-refractivity contribution >= 4 is 11.7 Å². The average molecular weight is 295 g/mol. The number of nitrogens with zero attached hydrogens (tertiary/aromatic N) is 2. The minimum atomic E-state index is -0.244. The quantitative estimate of drug-likeness (QED) is 0.530. The van der Waals surface area contributed by atoms with Gasteiger partial charge in [-0.25, -0.2) is 0 Å². The first-order chi connectivity index (χ1) is 10.1. The Kier molecular flexibility index (Phi) is 7.87. The third-order valence-electron chi connectivity index (χ3n) is 3.73. The number of rotatable bonds is 10. The van der Waals surface area contributed by atoms with Gasteiger partial charge in [-0.2, -0.15) is 5.10 Å². The van der Waals surface area contributed by atoms with Crippen LogP contribution in [0.1, 0.15) is 63.3 Å². The minimum Gasteiger partial charge on any atom is -0.464 e. The van der Waals surface area contributed by atoms with E-state index in [9.17, 15) is 4.79 Å². The SMILES string of the molecule is CCCCCCCCCOC(=O)Cn1nc(C)c(N)c1C. The molecule has 0 aromatic carbocycles. The van der Waals surface area contributed by atoms with Crippen molar-refractivity contribution in [2.75, 3.05) is 12.3 Å². The molecule has 0 aliphatic carbocycles. The van der Waals surface area contributed by atoms with E-state index < -0.39 is 0 Å². The number of unbranched alkanes of at least 4 members (excludes halogenated alkanes) is 6. The van der Waals surface area contributed by atoms with Crippen molar-refractivity contribution in [1.29, 1.82) is 0 Å². The van der Waals surface area contributed by atoms with Gasteiger partial charge in [-0.1, -0.05) is 45.4 Å². The van der Waals surface area contributed by atoms with Crippen LogP contribution in [0.3, 0.4) is 0 Å². The Morgan fingerprint density at radius 1 is 1.14 bits per heavy atom. The summed E-state index contributed by atoms with van der Waals surface area (Å²) < 4.78 is 6.85. The van der Waals surface area contributed by atoms with Crippen LogP contribution < -0.4 is 5.73 Å². The van der Waals surface area contributed by atoms with Gasteiger partial charge in [0.25, 0.3) is 0 Å². The zero-order chi connectivity index (χ0) is 15.7. The largest absolute Gasteiger partial charge is 0.464 e. The molecule has 2 N–H and O–H groups in total. The van der Waals surface area contributed by atoms with Crippen molar-refractivity contribution in [3.8, 4) is 0 Å². The van der Waals surface area contributed by atoms with Crippen LogP contribution in [0.25, 0.3) is 0 Å². The molecule has 0 saturated carbocycles. The molecule has 1 aromatic rings. The molecule has 0 bridgehead atoms. The van der Waals surface area contributed by atoms with Crippen molar-refractivity contribution in [1.82, 2.24) is 9.78 Å². The van der Waals surface area contributed by atoms with E-state index in [2.05, 4.69) is 12.0 Å². The predicted octanol–water partition coefficient (Wildman–Crippen LogP) is 3.38. The van der Waals surface area contributed by atoms with Crippen LogP contribution in [0.5, 0.6) is 0 Å². The first kappa shape index (κ1) is 17.5. The van der Waals surface area contributed by atoms with E-state index >= 15 is 0 Å². The molecule has 0 spiro atoms. The monoisotopic (exact) mass is 295 g/mol. The van der Waals surface area contributed by atoms with E-state index in [1.807, 2.05) is 13.8 Å². The number of hydrogen-bond acceptors (Lipinski definition) is 4. The van der Waals surface area contributed by atoms with Gasteiger partial charge in [-0.15, -0.1) is 0 Å². The molecule has 21 heavy (non-hydrogen) atoms. The number of aryl methyl sites for hydroxylation is 1. The van der Waals surface area contributed by atoms with Gasteiger partial charge in [0, 0.05) is 0 Å². The second-order valence-corrected chi connectivity index (χ2v) is 5.58. The minimum absolute atomic E-state index is 0.139. The highest BCUT2D eigenvalue weighted by molar-refractivity contribution is 5.69. The Labute approximate surface area is 127 Å². The van der Waals surface area contributed by atoms with E-state index in [0.29, 0.717) is 12.3 Å². The van der Waals surface area contributed by atoms with E-state index in [-0.39, 0.29) is 12.5 Å². The number of carbonyl (C=O) groups excluding carboxylic acids is 1. The zero-order valence-electron chi connectivity index (χ0n) is 13.7. The molecule has 1 aromatic heterocycles. The van der Waals surface area contributed by atoms with E-state index in [0.717, 1.165) is 24.2 Å². The summed E-state index contributed by atoms with van der Waals surface area (Å²) in [5.74, 6) is -0.244. The van der Waals surface area contributed by atoms with Gasteiger partial charge in [-0.3, -0.25) is 9.48 Å². The summed E-state index contributed by atoms with van der Waals surface area (Å²) in [6, 6.07) is 0. The summed E-state index contributed by atoms with van der Waals surface area (Å²) in [4.78, 5) is 11.7. The maximum Gasteiger partial charge on any atom is 0.327 e. The fourth-order valence-corrected chi connectivity index (χ4v) is 2.28. The molecule has 0 amide bonds. The predicted molar refractivity (Wildman–Crippen MR) is 85.1 cm³/mol. The lowest BCUT2D eigenvalue weighted by Crippen LogP contribution is -2.16. The van der Waals surface area contributed by atoms with Crippen molar-refractivity contribution in [2.24, 2.45) is 0 Å². The fraction of sp³-hybridized carbons (Fsp3) is 0.750. The molecule has 0 fully saturated rings. The van der Waals surface area contributed by atoms with E-state index in [1.54, 1.807) is 4.68 Å². The van der Waals surface area contributed by atoms with Crippen LogP contribution in [-0.4, -0.2) is 22.4 Å². The van der Waals surface area contributed by atoms with E-state index in [1.165, 1.54) is 32.1 Å². The molecule has 0 radical (unpaired) electrons. The summed E-state index contributed by atoms with van der Waals surface area (Å²) in [5, 5.41) is 4.23.